The van der Waals surface area contributed by atoms with Crippen LogP contribution in [0.3, 0.4) is 0 Å². The van der Waals surface area contributed by atoms with Crippen LogP contribution in [0.4, 0.5) is 0 Å². The summed E-state index contributed by atoms with van der Waals surface area (Å²) in [6.07, 6.45) is 7.17. The summed E-state index contributed by atoms with van der Waals surface area (Å²) < 4.78 is 0. The zero-order valence-electron chi connectivity index (χ0n) is 7.69. The topological polar surface area (TPSA) is 12.0 Å². The van der Waals surface area contributed by atoms with Crippen molar-refractivity contribution < 1.29 is 0 Å². The van der Waals surface area contributed by atoms with Crippen LogP contribution in [0, 0.1) is 5.92 Å². The minimum atomic E-state index is 0.422. The van der Waals surface area contributed by atoms with Crippen LogP contribution in [-0.4, -0.2) is 11.6 Å². The first-order chi connectivity index (χ1) is 5.17. The van der Waals surface area contributed by atoms with E-state index in [1.165, 1.54) is 32.1 Å². The van der Waals surface area contributed by atoms with E-state index >= 15 is 0 Å². The number of hydrogen-bond acceptors (Lipinski definition) is 1. The van der Waals surface area contributed by atoms with E-state index in [0.717, 1.165) is 12.0 Å². The summed E-state index contributed by atoms with van der Waals surface area (Å²) >= 11 is 0. The van der Waals surface area contributed by atoms with Crippen LogP contribution < -0.4 is 5.32 Å². The van der Waals surface area contributed by atoms with Crippen LogP contribution in [-0.2, 0) is 0 Å². The summed E-state index contributed by atoms with van der Waals surface area (Å²) in [7, 11) is 0. The van der Waals surface area contributed by atoms with Crippen molar-refractivity contribution in [3.8, 4) is 0 Å². The predicted octanol–water partition coefficient (Wildman–Crippen LogP) is 2.32. The number of piperidine rings is 1. The van der Waals surface area contributed by atoms with Crippen LogP contribution >= 0.6 is 0 Å². The molecule has 1 atom stereocenters. The van der Waals surface area contributed by atoms with Crippen molar-refractivity contribution in [1.29, 1.82) is 0 Å². The first-order valence-electron chi connectivity index (χ1n) is 4.95. The second kappa shape index (κ2) is 2.48. The molecule has 1 heterocycles. The summed E-state index contributed by atoms with van der Waals surface area (Å²) in [5.41, 5.74) is 0.422. The quantitative estimate of drug-likeness (QED) is 0.609. The number of nitrogens with one attached hydrogen (secondary N) is 1. The number of rotatable bonds is 1. The first-order valence-corrected chi connectivity index (χ1v) is 4.95. The Morgan fingerprint density at radius 2 is 1.91 bits per heavy atom. The molecular weight excluding hydrogens is 134 g/mol. The van der Waals surface area contributed by atoms with Crippen molar-refractivity contribution in [3.05, 3.63) is 0 Å². The summed E-state index contributed by atoms with van der Waals surface area (Å²) in [5.74, 6) is 1.04. The Kier molecular flexibility index (Phi) is 1.71. The molecule has 1 aliphatic carbocycles. The summed E-state index contributed by atoms with van der Waals surface area (Å²) in [5, 5.41) is 3.75. The maximum absolute atomic E-state index is 3.75. The molecule has 64 valence electrons. The predicted molar refractivity (Wildman–Crippen MR) is 47.6 cm³/mol. The molecule has 0 amide bonds. The molecule has 1 saturated carbocycles. The lowest BCUT2D eigenvalue weighted by atomic mass is 9.87. The van der Waals surface area contributed by atoms with E-state index in [2.05, 4.69) is 19.2 Å². The maximum atomic E-state index is 3.75. The van der Waals surface area contributed by atoms with Crippen LogP contribution in [0.15, 0.2) is 0 Å². The highest BCUT2D eigenvalue weighted by Crippen LogP contribution is 2.38. The molecule has 2 aliphatic rings. The van der Waals surface area contributed by atoms with E-state index < -0.39 is 0 Å². The Hall–Kier alpha value is -0.0400. The molecule has 1 saturated heterocycles. The van der Waals surface area contributed by atoms with Crippen molar-refractivity contribution in [2.24, 2.45) is 5.92 Å². The van der Waals surface area contributed by atoms with E-state index in [1.54, 1.807) is 0 Å². The minimum Gasteiger partial charge on any atom is -0.309 e. The molecule has 0 aromatic carbocycles. The molecule has 0 bridgehead atoms. The van der Waals surface area contributed by atoms with Gasteiger partial charge < -0.3 is 5.32 Å². The van der Waals surface area contributed by atoms with E-state index in [4.69, 9.17) is 0 Å². The first kappa shape index (κ1) is 7.60. The molecule has 2 fully saturated rings. The van der Waals surface area contributed by atoms with E-state index in [1.807, 2.05) is 0 Å². The monoisotopic (exact) mass is 153 g/mol. The fourth-order valence-electron chi connectivity index (χ4n) is 2.26. The average molecular weight is 153 g/mol. The minimum absolute atomic E-state index is 0.422. The van der Waals surface area contributed by atoms with Gasteiger partial charge in [0.25, 0.3) is 0 Å². The average Bonchev–Trinajstić information content (AvgIpc) is 2.65. The molecule has 0 aromatic rings. The van der Waals surface area contributed by atoms with Crippen LogP contribution in [0.1, 0.15) is 46.0 Å². The van der Waals surface area contributed by atoms with E-state index in [9.17, 15) is 0 Å². The van der Waals surface area contributed by atoms with Gasteiger partial charge in [-0.25, -0.2) is 0 Å². The molecular formula is C10H19N. The van der Waals surface area contributed by atoms with Crippen LogP contribution in [0.2, 0.25) is 0 Å². The zero-order valence-corrected chi connectivity index (χ0v) is 7.69. The van der Waals surface area contributed by atoms with Gasteiger partial charge in [-0.15, -0.1) is 0 Å². The highest BCUT2D eigenvalue weighted by molar-refractivity contribution is 4.94. The van der Waals surface area contributed by atoms with Crippen LogP contribution in [0.25, 0.3) is 0 Å². The highest BCUT2D eigenvalue weighted by atomic mass is 15.0. The molecule has 0 radical (unpaired) electrons. The fourth-order valence-corrected chi connectivity index (χ4v) is 2.26. The van der Waals surface area contributed by atoms with Gasteiger partial charge in [0, 0.05) is 11.6 Å². The molecule has 0 spiro atoms. The molecule has 1 nitrogen and oxygen atoms in total. The van der Waals surface area contributed by atoms with Crippen molar-refractivity contribution in [2.45, 2.75) is 57.5 Å². The van der Waals surface area contributed by atoms with Gasteiger partial charge in [-0.1, -0.05) is 6.42 Å². The Balaban J connectivity index is 1.92. The third kappa shape index (κ3) is 1.76. The van der Waals surface area contributed by atoms with Crippen molar-refractivity contribution >= 4 is 0 Å². The van der Waals surface area contributed by atoms with Crippen molar-refractivity contribution in [2.75, 3.05) is 0 Å². The van der Waals surface area contributed by atoms with Gasteiger partial charge in [-0.05, 0) is 45.4 Å². The standard InChI is InChI=1S/C10H19N/c1-10(2)7-3-4-9(11-10)8-5-6-8/h8-9,11H,3-7H2,1-2H3. The maximum Gasteiger partial charge on any atom is 0.0127 e. The number of hydrogen-bond donors (Lipinski definition) is 1. The third-order valence-corrected chi connectivity index (χ3v) is 3.08. The van der Waals surface area contributed by atoms with Gasteiger partial charge in [0.15, 0.2) is 0 Å². The Morgan fingerprint density at radius 1 is 1.18 bits per heavy atom. The van der Waals surface area contributed by atoms with Crippen molar-refractivity contribution in [3.63, 3.8) is 0 Å². The molecule has 0 aromatic heterocycles. The second-order valence-electron chi connectivity index (χ2n) is 4.86. The molecule has 1 N–H and O–H groups in total. The lowest BCUT2D eigenvalue weighted by Crippen LogP contribution is -2.50. The van der Waals surface area contributed by atoms with Gasteiger partial charge in [0.05, 0.1) is 0 Å². The lowest BCUT2D eigenvalue weighted by Gasteiger charge is -2.37. The highest BCUT2D eigenvalue weighted by Gasteiger charge is 2.36. The molecule has 1 aliphatic heterocycles. The van der Waals surface area contributed by atoms with E-state index in [0.29, 0.717) is 5.54 Å². The second-order valence-corrected chi connectivity index (χ2v) is 4.86. The Morgan fingerprint density at radius 3 is 2.45 bits per heavy atom. The Labute approximate surface area is 69.6 Å². The summed E-state index contributed by atoms with van der Waals surface area (Å²) in [6.45, 7) is 4.67. The molecule has 1 unspecified atom stereocenters. The lowest BCUT2D eigenvalue weighted by molar-refractivity contribution is 0.227. The summed E-state index contributed by atoms with van der Waals surface area (Å²) in [4.78, 5) is 0. The van der Waals surface area contributed by atoms with E-state index in [-0.39, 0.29) is 0 Å². The van der Waals surface area contributed by atoms with Crippen LogP contribution in [0.5, 0.6) is 0 Å². The fraction of sp³-hybridized carbons (Fsp3) is 1.00. The van der Waals surface area contributed by atoms with Gasteiger partial charge in [-0.2, -0.15) is 0 Å². The van der Waals surface area contributed by atoms with Gasteiger partial charge in [0.1, 0.15) is 0 Å². The van der Waals surface area contributed by atoms with Gasteiger partial charge in [0.2, 0.25) is 0 Å². The normalized spacial score (nSPS) is 37.1. The third-order valence-electron chi connectivity index (χ3n) is 3.08. The smallest absolute Gasteiger partial charge is 0.0127 e. The SMILES string of the molecule is CC1(C)CCCC(C2CC2)N1. The largest absolute Gasteiger partial charge is 0.309 e. The molecule has 2 rings (SSSR count). The Bertz CT molecular complexity index is 147. The van der Waals surface area contributed by atoms with Gasteiger partial charge >= 0.3 is 0 Å². The van der Waals surface area contributed by atoms with Crippen molar-refractivity contribution in [1.82, 2.24) is 5.32 Å². The van der Waals surface area contributed by atoms with Gasteiger partial charge in [-0.3, -0.25) is 0 Å². The molecule has 11 heavy (non-hydrogen) atoms. The molecule has 1 heteroatoms. The zero-order chi connectivity index (χ0) is 7.90. The summed E-state index contributed by atoms with van der Waals surface area (Å²) in [6, 6.07) is 0.860.